The van der Waals surface area contributed by atoms with Gasteiger partial charge in [0.2, 0.25) is 11.8 Å². The lowest BCUT2D eigenvalue weighted by molar-refractivity contribution is -0.164. The maximum absolute atomic E-state index is 13.4. The van der Waals surface area contributed by atoms with Crippen molar-refractivity contribution in [2.75, 3.05) is 24.6 Å². The van der Waals surface area contributed by atoms with Crippen molar-refractivity contribution in [1.82, 2.24) is 15.5 Å². The molecule has 1 atom stereocenters. The van der Waals surface area contributed by atoms with Crippen LogP contribution in [0, 0.1) is 28.1 Å². The third-order valence-electron chi connectivity index (χ3n) is 11.7. The number of imide groups is 2. The molecule has 3 fully saturated rings. The van der Waals surface area contributed by atoms with Crippen molar-refractivity contribution in [3.63, 3.8) is 0 Å². The number of halogens is 1. The maximum atomic E-state index is 13.4. The number of fused-ring (bicyclic) bond motifs is 1. The van der Waals surface area contributed by atoms with Gasteiger partial charge in [0.05, 0.1) is 28.3 Å². The first-order valence-electron chi connectivity index (χ1n) is 18.7. The number of carbonyl (C=O) groups is 5. The molecule has 13 heteroatoms. The van der Waals surface area contributed by atoms with Gasteiger partial charge in [-0.2, -0.15) is 5.26 Å². The van der Waals surface area contributed by atoms with Gasteiger partial charge in [-0.3, -0.25) is 34.2 Å². The first kappa shape index (κ1) is 37.9. The predicted molar refractivity (Wildman–Crippen MR) is 204 cm³/mol. The zero-order chi connectivity index (χ0) is 39.2. The number of carbonyl (C=O) groups excluding carboxylic acids is 5. The number of amides is 5. The van der Waals surface area contributed by atoms with Crippen LogP contribution in [0.1, 0.15) is 96.4 Å². The Morgan fingerprint density at radius 1 is 0.909 bits per heavy atom. The second-order valence-electron chi connectivity index (χ2n) is 16.1. The third-order valence-corrected chi connectivity index (χ3v) is 12.1. The highest BCUT2D eigenvalue weighted by Gasteiger charge is 2.64. The highest BCUT2D eigenvalue weighted by Crippen LogP contribution is 2.55. The smallest absolute Gasteiger partial charge is 0.262 e. The fraction of sp³-hybridized carbons (Fsp3) is 0.429. The summed E-state index contributed by atoms with van der Waals surface area (Å²) in [6, 6.07) is 18.5. The summed E-state index contributed by atoms with van der Waals surface area (Å²) < 4.78 is 12.4. The summed E-state index contributed by atoms with van der Waals surface area (Å²) in [7, 11) is 0. The number of benzene rings is 3. The van der Waals surface area contributed by atoms with Crippen LogP contribution >= 0.6 is 11.6 Å². The average Bonchev–Trinajstić information content (AvgIpc) is 3.41. The lowest BCUT2D eigenvalue weighted by atomic mass is 9.49. The quantitative estimate of drug-likeness (QED) is 0.240. The molecule has 0 aromatic heterocycles. The summed E-state index contributed by atoms with van der Waals surface area (Å²) in [6.45, 7) is 10.5. The number of nitrogens with one attached hydrogen (secondary N) is 2. The minimum absolute atomic E-state index is 0.0688. The average molecular weight is 766 g/mol. The molecule has 1 aliphatic carbocycles. The zero-order valence-electron chi connectivity index (χ0n) is 31.3. The second kappa shape index (κ2) is 14.7. The van der Waals surface area contributed by atoms with E-state index in [0.717, 1.165) is 42.9 Å². The molecule has 0 spiro atoms. The normalized spacial score (nSPS) is 23.0. The van der Waals surface area contributed by atoms with Crippen LogP contribution in [0.5, 0.6) is 11.5 Å². The van der Waals surface area contributed by atoms with Crippen molar-refractivity contribution in [2.24, 2.45) is 16.7 Å². The van der Waals surface area contributed by atoms with Crippen LogP contribution in [0.4, 0.5) is 5.69 Å². The summed E-state index contributed by atoms with van der Waals surface area (Å²) >= 11 is 6.23. The van der Waals surface area contributed by atoms with Crippen LogP contribution in [-0.4, -0.2) is 72.3 Å². The van der Waals surface area contributed by atoms with Gasteiger partial charge >= 0.3 is 0 Å². The van der Waals surface area contributed by atoms with E-state index in [0.29, 0.717) is 40.2 Å². The van der Waals surface area contributed by atoms with Crippen molar-refractivity contribution in [2.45, 2.75) is 78.0 Å². The highest BCUT2D eigenvalue weighted by molar-refractivity contribution is 6.31. The van der Waals surface area contributed by atoms with Crippen LogP contribution in [0.3, 0.4) is 0 Å². The molecule has 3 aromatic rings. The van der Waals surface area contributed by atoms with E-state index in [2.05, 4.69) is 49.3 Å². The minimum atomic E-state index is -1.01. The molecule has 0 radical (unpaired) electrons. The number of nitriles is 1. The molecule has 1 unspecified atom stereocenters. The fourth-order valence-electron chi connectivity index (χ4n) is 9.00. The summed E-state index contributed by atoms with van der Waals surface area (Å²) in [4.78, 5) is 66.7. The monoisotopic (exact) mass is 765 g/mol. The van der Waals surface area contributed by atoms with E-state index >= 15 is 0 Å². The Balaban J connectivity index is 0.869. The molecule has 0 bridgehead atoms. The van der Waals surface area contributed by atoms with Gasteiger partial charge in [0.1, 0.15) is 29.7 Å². The van der Waals surface area contributed by atoms with Crippen molar-refractivity contribution in [3.8, 4) is 17.6 Å². The van der Waals surface area contributed by atoms with Gasteiger partial charge in [0, 0.05) is 53.7 Å². The molecule has 2 N–H and O–H groups in total. The molecular weight excluding hydrogens is 722 g/mol. The Kier molecular flexibility index (Phi) is 10.1. The Hall–Kier alpha value is -5.41. The molecule has 3 aliphatic heterocycles. The van der Waals surface area contributed by atoms with Crippen LogP contribution in [0.2, 0.25) is 5.02 Å². The zero-order valence-corrected chi connectivity index (χ0v) is 32.1. The molecule has 3 aromatic carbocycles. The van der Waals surface area contributed by atoms with Crippen molar-refractivity contribution in [1.29, 1.82) is 5.26 Å². The van der Waals surface area contributed by atoms with Crippen molar-refractivity contribution >= 4 is 46.8 Å². The van der Waals surface area contributed by atoms with Crippen molar-refractivity contribution in [3.05, 3.63) is 87.9 Å². The number of hydrogen-bond acceptors (Lipinski definition) is 9. The molecule has 2 saturated heterocycles. The molecule has 3 heterocycles. The van der Waals surface area contributed by atoms with E-state index in [1.54, 1.807) is 36.4 Å². The topological polar surface area (TPSA) is 158 Å². The first-order valence-corrected chi connectivity index (χ1v) is 19.1. The maximum Gasteiger partial charge on any atom is 0.262 e. The van der Waals surface area contributed by atoms with Gasteiger partial charge in [0.15, 0.2) is 0 Å². The number of rotatable bonds is 10. The van der Waals surface area contributed by atoms with E-state index in [1.165, 1.54) is 0 Å². The van der Waals surface area contributed by atoms with E-state index in [-0.39, 0.29) is 52.9 Å². The SMILES string of the molecule is CC1(C)[C@H](NC(=O)c2ccc(N3CCC(CCOc4ccc5c(c4)C(=O)N(C4CCC(=O)NC4=O)C5=O)CC3)cc2)C(C)(C)[C@H]1Oc1ccc(C#N)c(Cl)c1. The van der Waals surface area contributed by atoms with Gasteiger partial charge in [0.25, 0.3) is 17.7 Å². The molecule has 5 amide bonds. The van der Waals surface area contributed by atoms with Crippen LogP contribution in [0.25, 0.3) is 0 Å². The fourth-order valence-corrected chi connectivity index (χ4v) is 9.21. The van der Waals surface area contributed by atoms with Gasteiger partial charge in [-0.25, -0.2) is 0 Å². The number of anilines is 1. The van der Waals surface area contributed by atoms with Crippen LogP contribution < -0.4 is 25.0 Å². The van der Waals surface area contributed by atoms with E-state index in [9.17, 15) is 29.2 Å². The first-order chi connectivity index (χ1) is 26.2. The number of ether oxygens (including phenoxy) is 2. The van der Waals surface area contributed by atoms with E-state index < -0.39 is 29.7 Å². The Morgan fingerprint density at radius 2 is 1.58 bits per heavy atom. The molecule has 286 valence electrons. The largest absolute Gasteiger partial charge is 0.494 e. The van der Waals surface area contributed by atoms with Gasteiger partial charge in [-0.15, -0.1) is 0 Å². The van der Waals surface area contributed by atoms with Crippen LogP contribution in [-0.2, 0) is 9.59 Å². The summed E-state index contributed by atoms with van der Waals surface area (Å²) in [5.41, 5.74) is 1.74. The number of nitrogens with zero attached hydrogens (tertiary/aromatic N) is 3. The lowest BCUT2D eigenvalue weighted by Crippen LogP contribution is -2.74. The number of piperidine rings is 2. The second-order valence-corrected chi connectivity index (χ2v) is 16.5. The standard InChI is InChI=1S/C42H44ClN5O7/c1-41(2)39(42(3,4)40(41)55-29-10-7-26(23-44)32(43)22-29)46-35(50)25-5-8-27(9-6-25)47-18-15-24(16-19-47)17-20-54-28-11-12-30-31(21-28)38(53)48(37(30)52)33-13-14-34(49)45-36(33)51/h5-12,21-22,24,33,39-40H,13-20H2,1-4H3,(H,46,50)(H,45,49,51)/t33?,39-,40-. The number of hydrogen-bond donors (Lipinski definition) is 2. The highest BCUT2D eigenvalue weighted by atomic mass is 35.5. The summed E-state index contributed by atoms with van der Waals surface area (Å²) in [6.07, 6.45) is 2.78. The van der Waals surface area contributed by atoms with Crippen molar-refractivity contribution < 1.29 is 33.4 Å². The lowest BCUT2D eigenvalue weighted by Gasteiger charge is -2.63. The van der Waals surface area contributed by atoms with Crippen LogP contribution in [0.15, 0.2) is 60.7 Å². The Bertz CT molecular complexity index is 2090. The molecule has 1 saturated carbocycles. The Labute approximate surface area is 325 Å². The van der Waals surface area contributed by atoms with Gasteiger partial charge < -0.3 is 19.7 Å². The molecular formula is C42H44ClN5O7. The minimum Gasteiger partial charge on any atom is -0.494 e. The van der Waals surface area contributed by atoms with E-state index in [4.69, 9.17) is 21.1 Å². The predicted octanol–water partition coefficient (Wildman–Crippen LogP) is 5.91. The Morgan fingerprint density at radius 3 is 2.24 bits per heavy atom. The molecule has 7 rings (SSSR count). The summed E-state index contributed by atoms with van der Waals surface area (Å²) in [5, 5.41) is 15.0. The van der Waals surface area contributed by atoms with E-state index in [1.807, 2.05) is 24.3 Å². The van der Waals surface area contributed by atoms with Gasteiger partial charge in [-0.1, -0.05) is 39.3 Å². The summed E-state index contributed by atoms with van der Waals surface area (Å²) in [5.74, 6) is -0.757. The molecule has 4 aliphatic rings. The molecule has 55 heavy (non-hydrogen) atoms. The van der Waals surface area contributed by atoms with Gasteiger partial charge in [-0.05, 0) is 86.2 Å². The third kappa shape index (κ3) is 7.13. The molecule has 12 nitrogen and oxygen atoms in total.